The number of hydrogen-bond acceptors (Lipinski definition) is 11. The first-order valence-corrected chi connectivity index (χ1v) is 16.6. The van der Waals surface area contributed by atoms with E-state index in [0.717, 1.165) is 16.9 Å². The summed E-state index contributed by atoms with van der Waals surface area (Å²) in [4.78, 5) is 45.2. The zero-order chi connectivity index (χ0) is 36.1. The van der Waals surface area contributed by atoms with Crippen LogP contribution >= 0.6 is 11.3 Å². The topological polar surface area (TPSA) is 141 Å². The van der Waals surface area contributed by atoms with Gasteiger partial charge in [-0.1, -0.05) is 78.1 Å². The van der Waals surface area contributed by atoms with Gasteiger partial charge in [-0.2, -0.15) is 0 Å². The summed E-state index contributed by atoms with van der Waals surface area (Å²) in [5.74, 6) is 0.606. The van der Waals surface area contributed by atoms with Gasteiger partial charge in [-0.05, 0) is 42.3 Å². The van der Waals surface area contributed by atoms with E-state index in [9.17, 15) is 19.7 Å². The van der Waals surface area contributed by atoms with Gasteiger partial charge in [0.1, 0.15) is 6.61 Å². The SMILES string of the molecule is CCOC(=O)C1=C(c2ccccc2)N=c2s/c(=C\c3cc(OC)c(OCc4ccccc4)cc3[N+](=O)[O-])c(=O)n2[C@@H]1c1ccc(OC)c(OC)c1. The van der Waals surface area contributed by atoms with Crippen LogP contribution in [0.3, 0.4) is 0 Å². The normalized spacial score (nSPS) is 14.0. The van der Waals surface area contributed by atoms with E-state index < -0.39 is 22.5 Å². The van der Waals surface area contributed by atoms with Crippen LogP contribution in [0, 0.1) is 10.1 Å². The number of hydrogen-bond donors (Lipinski definition) is 0. The number of ether oxygens (including phenoxy) is 5. The lowest BCUT2D eigenvalue weighted by atomic mass is 9.93. The van der Waals surface area contributed by atoms with Crippen LogP contribution in [0.25, 0.3) is 11.8 Å². The molecule has 0 N–H and O–H groups in total. The van der Waals surface area contributed by atoms with Crippen molar-refractivity contribution in [1.82, 2.24) is 4.57 Å². The first-order chi connectivity index (χ1) is 24.8. The largest absolute Gasteiger partial charge is 0.493 e. The van der Waals surface area contributed by atoms with E-state index in [0.29, 0.717) is 28.3 Å². The summed E-state index contributed by atoms with van der Waals surface area (Å²) >= 11 is 1.04. The average Bonchev–Trinajstić information content (AvgIpc) is 3.47. The maximum Gasteiger partial charge on any atom is 0.338 e. The van der Waals surface area contributed by atoms with Crippen LogP contribution in [0.2, 0.25) is 0 Å². The van der Waals surface area contributed by atoms with Crippen LogP contribution in [0.5, 0.6) is 23.0 Å². The Bertz CT molecular complexity index is 2320. The zero-order valence-electron chi connectivity index (χ0n) is 28.2. The Morgan fingerprint density at radius 3 is 2.22 bits per heavy atom. The molecule has 51 heavy (non-hydrogen) atoms. The van der Waals surface area contributed by atoms with E-state index in [-0.39, 0.29) is 50.9 Å². The summed E-state index contributed by atoms with van der Waals surface area (Å²) in [6.45, 7) is 1.94. The summed E-state index contributed by atoms with van der Waals surface area (Å²) in [5, 5.41) is 12.4. The van der Waals surface area contributed by atoms with Gasteiger partial charge in [0, 0.05) is 5.56 Å². The predicted molar refractivity (Wildman–Crippen MR) is 191 cm³/mol. The molecular formula is C38H33N3O9S. The van der Waals surface area contributed by atoms with E-state index in [1.165, 1.54) is 44.1 Å². The second-order valence-electron chi connectivity index (χ2n) is 11.1. The number of carbonyl (C=O) groups is 1. The van der Waals surface area contributed by atoms with Gasteiger partial charge in [0.25, 0.3) is 11.2 Å². The quantitative estimate of drug-likeness (QED) is 0.0941. The second-order valence-corrected chi connectivity index (χ2v) is 12.1. The van der Waals surface area contributed by atoms with E-state index in [4.69, 9.17) is 28.7 Å². The molecule has 5 aromatic rings. The summed E-state index contributed by atoms with van der Waals surface area (Å²) in [6.07, 6.45) is 1.42. The van der Waals surface area contributed by atoms with Crippen molar-refractivity contribution in [2.45, 2.75) is 19.6 Å². The Hall–Kier alpha value is -6.21. The number of thiazole rings is 1. The summed E-state index contributed by atoms with van der Waals surface area (Å²) in [5.41, 5.74) is 1.80. The van der Waals surface area contributed by atoms with Gasteiger partial charge in [0.15, 0.2) is 27.8 Å². The molecule has 0 radical (unpaired) electrons. The van der Waals surface area contributed by atoms with Crippen LogP contribution in [0.4, 0.5) is 5.69 Å². The van der Waals surface area contributed by atoms with Crippen LogP contribution in [0.15, 0.2) is 106 Å². The highest BCUT2D eigenvalue weighted by Gasteiger charge is 2.36. The fraction of sp³-hybridized carbons (Fsp3) is 0.184. The highest BCUT2D eigenvalue weighted by Crippen LogP contribution is 2.39. The van der Waals surface area contributed by atoms with Crippen LogP contribution < -0.4 is 33.8 Å². The predicted octanol–water partition coefficient (Wildman–Crippen LogP) is 5.45. The maximum atomic E-state index is 14.4. The third-order valence-corrected chi connectivity index (χ3v) is 9.11. The summed E-state index contributed by atoms with van der Waals surface area (Å²) in [7, 11) is 4.43. The molecule has 6 rings (SSSR count). The lowest BCUT2D eigenvalue weighted by Gasteiger charge is -2.26. The van der Waals surface area contributed by atoms with Gasteiger partial charge < -0.3 is 23.7 Å². The van der Waals surface area contributed by atoms with Crippen molar-refractivity contribution in [2.75, 3.05) is 27.9 Å². The molecule has 0 saturated carbocycles. The number of fused-ring (bicyclic) bond motifs is 1. The number of aromatic nitrogens is 1. The summed E-state index contributed by atoms with van der Waals surface area (Å²) < 4.78 is 29.6. The van der Waals surface area contributed by atoms with Gasteiger partial charge in [-0.15, -0.1) is 0 Å². The number of rotatable bonds is 12. The number of nitro benzene ring substituents is 1. The van der Waals surface area contributed by atoms with Crippen molar-refractivity contribution >= 4 is 34.8 Å². The lowest BCUT2D eigenvalue weighted by Crippen LogP contribution is -2.40. The molecule has 260 valence electrons. The molecule has 1 aliphatic rings. The second kappa shape index (κ2) is 15.1. The van der Waals surface area contributed by atoms with E-state index >= 15 is 0 Å². The van der Waals surface area contributed by atoms with Crippen LogP contribution in [0.1, 0.15) is 35.2 Å². The molecule has 0 fully saturated rings. The molecule has 0 spiro atoms. The Kier molecular flexibility index (Phi) is 10.3. The number of carbonyl (C=O) groups excluding carboxylic acids is 1. The van der Waals surface area contributed by atoms with E-state index in [1.807, 2.05) is 60.7 Å². The minimum Gasteiger partial charge on any atom is -0.493 e. The van der Waals surface area contributed by atoms with Crippen LogP contribution in [-0.2, 0) is 16.1 Å². The highest BCUT2D eigenvalue weighted by atomic mass is 32.1. The number of esters is 1. The Morgan fingerprint density at radius 2 is 1.57 bits per heavy atom. The summed E-state index contributed by atoms with van der Waals surface area (Å²) in [6, 6.07) is 25.3. The third-order valence-electron chi connectivity index (χ3n) is 8.13. The molecule has 1 atom stereocenters. The lowest BCUT2D eigenvalue weighted by molar-refractivity contribution is -0.385. The monoisotopic (exact) mass is 707 g/mol. The van der Waals surface area contributed by atoms with Gasteiger partial charge in [-0.3, -0.25) is 19.5 Å². The smallest absolute Gasteiger partial charge is 0.338 e. The van der Waals surface area contributed by atoms with E-state index in [2.05, 4.69) is 0 Å². The number of benzene rings is 4. The number of nitro groups is 1. The minimum atomic E-state index is -1.00. The van der Waals surface area contributed by atoms with Crippen molar-refractivity contribution in [2.24, 2.45) is 4.99 Å². The zero-order valence-corrected chi connectivity index (χ0v) is 29.0. The molecule has 4 aromatic carbocycles. The van der Waals surface area contributed by atoms with E-state index in [1.54, 1.807) is 25.1 Å². The molecule has 0 unspecified atom stereocenters. The molecule has 0 bridgehead atoms. The molecule has 12 nitrogen and oxygen atoms in total. The Labute approximate surface area is 296 Å². The standard InChI is InChI=1S/C38H33N3O9S/c1-5-49-37(43)33-34(24-14-10-7-11-15-24)39-38-40(35(33)25-16-17-28(46-2)29(18-25)47-3)36(42)32(51-38)20-26-19-30(48-4)31(21-27(26)41(44)45)50-22-23-12-8-6-9-13-23/h6-21,35H,5,22H2,1-4H3/b32-20-/t35-/m1/s1. The molecule has 2 heterocycles. The fourth-order valence-corrected chi connectivity index (χ4v) is 6.76. The Balaban J connectivity index is 1.57. The van der Waals surface area contributed by atoms with Crippen molar-refractivity contribution in [3.63, 3.8) is 0 Å². The first kappa shape index (κ1) is 34.6. The number of nitrogens with zero attached hydrogens (tertiary/aromatic N) is 3. The Morgan fingerprint density at radius 1 is 0.902 bits per heavy atom. The first-order valence-electron chi connectivity index (χ1n) is 15.8. The molecule has 0 saturated heterocycles. The van der Waals surface area contributed by atoms with Gasteiger partial charge in [-0.25, -0.2) is 9.79 Å². The molecule has 1 aromatic heterocycles. The average molecular weight is 708 g/mol. The van der Waals surface area contributed by atoms with Gasteiger partial charge in [0.05, 0.1) is 66.3 Å². The minimum absolute atomic E-state index is 0.0873. The van der Waals surface area contributed by atoms with Crippen LogP contribution in [-0.4, -0.2) is 43.4 Å². The van der Waals surface area contributed by atoms with Gasteiger partial charge in [0.2, 0.25) is 0 Å². The van der Waals surface area contributed by atoms with Crippen molar-refractivity contribution in [3.8, 4) is 23.0 Å². The molecule has 0 aliphatic carbocycles. The van der Waals surface area contributed by atoms with Gasteiger partial charge >= 0.3 is 5.97 Å². The third kappa shape index (κ3) is 6.96. The fourth-order valence-electron chi connectivity index (χ4n) is 5.77. The molecule has 1 aliphatic heterocycles. The molecular weight excluding hydrogens is 674 g/mol. The maximum absolute atomic E-state index is 14.4. The molecule has 0 amide bonds. The number of methoxy groups -OCH3 is 3. The van der Waals surface area contributed by atoms with Crippen molar-refractivity contribution < 1.29 is 33.4 Å². The molecule has 13 heteroatoms. The highest BCUT2D eigenvalue weighted by molar-refractivity contribution is 7.07. The van der Waals surface area contributed by atoms with Crippen molar-refractivity contribution in [1.29, 1.82) is 0 Å². The van der Waals surface area contributed by atoms with Crippen molar-refractivity contribution in [3.05, 3.63) is 149 Å².